The number of fused-ring (bicyclic) bond motifs is 1. The maximum atomic E-state index is 6.24. The SMILES string of the molecule is CCCCc1nc2c(-c3ccncc3)nc(-c3cccc(/C(N)=C/C=NC)c3)nc2n1CC. The molecule has 0 atom stereocenters. The van der Waals surface area contributed by atoms with Gasteiger partial charge in [-0.3, -0.25) is 9.98 Å². The minimum Gasteiger partial charge on any atom is -0.398 e. The first-order chi connectivity index (χ1) is 16.2. The van der Waals surface area contributed by atoms with Crippen LogP contribution in [0, 0.1) is 0 Å². The zero-order valence-electron chi connectivity index (χ0n) is 19.4. The second kappa shape index (κ2) is 10.2. The molecule has 0 bridgehead atoms. The highest BCUT2D eigenvalue weighted by Gasteiger charge is 2.19. The van der Waals surface area contributed by atoms with Crippen molar-refractivity contribution in [1.82, 2.24) is 24.5 Å². The molecular weight excluding hydrogens is 410 g/mol. The fraction of sp³-hybridized carbons (Fsp3) is 0.269. The van der Waals surface area contributed by atoms with Gasteiger partial charge in [-0.2, -0.15) is 0 Å². The Kier molecular flexibility index (Phi) is 6.88. The first-order valence-corrected chi connectivity index (χ1v) is 11.3. The molecule has 0 amide bonds. The van der Waals surface area contributed by atoms with Gasteiger partial charge in [0, 0.05) is 55.4 Å². The summed E-state index contributed by atoms with van der Waals surface area (Å²) in [5.74, 6) is 1.70. The highest BCUT2D eigenvalue weighted by Crippen LogP contribution is 2.30. The van der Waals surface area contributed by atoms with Crippen molar-refractivity contribution in [2.45, 2.75) is 39.7 Å². The number of unbranched alkanes of at least 4 members (excludes halogenated alkanes) is 1. The van der Waals surface area contributed by atoms with Gasteiger partial charge in [-0.15, -0.1) is 0 Å². The van der Waals surface area contributed by atoms with Crippen LogP contribution in [0.4, 0.5) is 0 Å². The third kappa shape index (κ3) is 4.67. The number of hydrogen-bond acceptors (Lipinski definition) is 6. The molecule has 0 saturated heterocycles. The van der Waals surface area contributed by atoms with Crippen molar-refractivity contribution in [2.75, 3.05) is 7.05 Å². The van der Waals surface area contributed by atoms with Crippen molar-refractivity contribution in [3.8, 4) is 22.6 Å². The lowest BCUT2D eigenvalue weighted by Crippen LogP contribution is -2.04. The first kappa shape index (κ1) is 22.3. The lowest BCUT2D eigenvalue weighted by molar-refractivity contribution is 0.671. The van der Waals surface area contributed by atoms with E-state index in [1.165, 1.54) is 0 Å². The molecule has 0 aliphatic carbocycles. The van der Waals surface area contributed by atoms with Crippen molar-refractivity contribution in [1.29, 1.82) is 0 Å². The summed E-state index contributed by atoms with van der Waals surface area (Å²) in [4.78, 5) is 23.1. The molecule has 4 aromatic rings. The van der Waals surface area contributed by atoms with Crippen LogP contribution in [0.3, 0.4) is 0 Å². The monoisotopic (exact) mass is 439 g/mol. The fourth-order valence-electron chi connectivity index (χ4n) is 3.83. The highest BCUT2D eigenvalue weighted by molar-refractivity contribution is 5.90. The lowest BCUT2D eigenvalue weighted by atomic mass is 10.1. The maximum absolute atomic E-state index is 6.24. The summed E-state index contributed by atoms with van der Waals surface area (Å²) in [7, 11) is 1.72. The van der Waals surface area contributed by atoms with Crippen LogP contribution in [0.1, 0.15) is 38.1 Å². The van der Waals surface area contributed by atoms with Gasteiger partial charge in [-0.1, -0.05) is 31.5 Å². The molecule has 33 heavy (non-hydrogen) atoms. The summed E-state index contributed by atoms with van der Waals surface area (Å²) in [5.41, 5.74) is 12.1. The number of hydrogen-bond donors (Lipinski definition) is 1. The van der Waals surface area contributed by atoms with Gasteiger partial charge in [-0.05, 0) is 43.2 Å². The normalized spacial score (nSPS) is 12.2. The molecule has 7 nitrogen and oxygen atoms in total. The molecule has 0 unspecified atom stereocenters. The number of benzene rings is 1. The highest BCUT2D eigenvalue weighted by atomic mass is 15.1. The Morgan fingerprint density at radius 1 is 1.06 bits per heavy atom. The number of pyridine rings is 1. The van der Waals surface area contributed by atoms with E-state index < -0.39 is 0 Å². The van der Waals surface area contributed by atoms with E-state index in [-0.39, 0.29) is 0 Å². The topological polar surface area (TPSA) is 94.9 Å². The summed E-state index contributed by atoms with van der Waals surface area (Å²) in [6, 6.07) is 11.9. The summed E-state index contributed by atoms with van der Waals surface area (Å²) in [6.45, 7) is 5.12. The predicted molar refractivity (Wildman–Crippen MR) is 135 cm³/mol. The molecule has 0 saturated carbocycles. The second-order valence-electron chi connectivity index (χ2n) is 7.79. The Hall–Kier alpha value is -3.87. The summed E-state index contributed by atoms with van der Waals surface area (Å²) < 4.78 is 2.21. The largest absolute Gasteiger partial charge is 0.398 e. The molecular formula is C26H29N7. The number of aryl methyl sites for hydroxylation is 2. The van der Waals surface area contributed by atoms with Crippen molar-refractivity contribution in [2.24, 2.45) is 10.7 Å². The van der Waals surface area contributed by atoms with E-state index in [0.717, 1.165) is 65.2 Å². The first-order valence-electron chi connectivity index (χ1n) is 11.3. The van der Waals surface area contributed by atoms with Crippen LogP contribution in [0.15, 0.2) is 59.9 Å². The second-order valence-corrected chi connectivity index (χ2v) is 7.79. The molecule has 0 radical (unpaired) electrons. The number of nitrogens with zero attached hydrogens (tertiary/aromatic N) is 6. The van der Waals surface area contributed by atoms with Crippen molar-refractivity contribution in [3.63, 3.8) is 0 Å². The van der Waals surface area contributed by atoms with Crippen molar-refractivity contribution < 1.29 is 0 Å². The number of allylic oxidation sites excluding steroid dienone is 1. The average molecular weight is 440 g/mol. The standard InChI is InChI=1S/C26H29N7/c1-4-6-10-22-30-24-23(18-11-15-29-16-12-18)31-25(32-26(24)33(22)5-2)20-9-7-8-19(17-20)21(27)13-14-28-3/h7-9,11-17H,4-6,10,27H2,1-3H3/b21-13-,28-14?. The Bertz CT molecular complexity index is 1300. The Balaban J connectivity index is 1.93. The fourth-order valence-corrected chi connectivity index (χ4v) is 3.83. The minimum absolute atomic E-state index is 0.637. The summed E-state index contributed by atoms with van der Waals surface area (Å²) in [6.07, 6.45) is 10.1. The maximum Gasteiger partial charge on any atom is 0.164 e. The zero-order valence-corrected chi connectivity index (χ0v) is 19.4. The van der Waals surface area contributed by atoms with E-state index in [4.69, 9.17) is 20.7 Å². The lowest BCUT2D eigenvalue weighted by Gasteiger charge is -2.09. The van der Waals surface area contributed by atoms with Crippen molar-refractivity contribution >= 4 is 23.1 Å². The van der Waals surface area contributed by atoms with E-state index in [1.54, 1.807) is 31.7 Å². The van der Waals surface area contributed by atoms with Crippen molar-refractivity contribution in [3.05, 3.63) is 66.3 Å². The third-order valence-electron chi connectivity index (χ3n) is 5.55. The predicted octanol–water partition coefficient (Wildman–Crippen LogP) is 4.92. The number of aliphatic imine (C=N–C) groups is 1. The molecule has 3 heterocycles. The summed E-state index contributed by atoms with van der Waals surface area (Å²) >= 11 is 0. The van der Waals surface area contributed by atoms with E-state index in [9.17, 15) is 0 Å². The molecule has 0 fully saturated rings. The molecule has 4 rings (SSSR count). The van der Waals surface area contributed by atoms with Crippen LogP contribution >= 0.6 is 0 Å². The number of imidazole rings is 1. The van der Waals surface area contributed by atoms with Crippen LogP contribution in [-0.4, -0.2) is 37.8 Å². The van der Waals surface area contributed by atoms with Gasteiger partial charge >= 0.3 is 0 Å². The quantitative estimate of drug-likeness (QED) is 0.393. The van der Waals surface area contributed by atoms with Gasteiger partial charge in [0.25, 0.3) is 0 Å². The minimum atomic E-state index is 0.637. The van der Waals surface area contributed by atoms with E-state index in [1.807, 2.05) is 36.4 Å². The van der Waals surface area contributed by atoms with Crippen LogP contribution in [0.5, 0.6) is 0 Å². The van der Waals surface area contributed by atoms with Gasteiger partial charge in [0.1, 0.15) is 17.0 Å². The number of aromatic nitrogens is 5. The molecule has 7 heteroatoms. The molecule has 2 N–H and O–H groups in total. The van der Waals surface area contributed by atoms with E-state index in [0.29, 0.717) is 11.5 Å². The number of nitrogens with two attached hydrogens (primary N) is 1. The van der Waals surface area contributed by atoms with Crippen LogP contribution in [0.2, 0.25) is 0 Å². The van der Waals surface area contributed by atoms with E-state index >= 15 is 0 Å². The average Bonchev–Trinajstić information content (AvgIpc) is 3.23. The van der Waals surface area contributed by atoms with Crippen LogP contribution in [-0.2, 0) is 13.0 Å². The Morgan fingerprint density at radius 2 is 1.88 bits per heavy atom. The molecule has 3 aromatic heterocycles. The van der Waals surface area contributed by atoms with Gasteiger partial charge in [-0.25, -0.2) is 15.0 Å². The smallest absolute Gasteiger partial charge is 0.164 e. The zero-order chi connectivity index (χ0) is 23.2. The summed E-state index contributed by atoms with van der Waals surface area (Å²) in [5, 5.41) is 0. The Morgan fingerprint density at radius 3 is 2.61 bits per heavy atom. The van der Waals surface area contributed by atoms with Gasteiger partial charge in [0.15, 0.2) is 11.5 Å². The number of rotatable bonds is 8. The Labute approximate surface area is 194 Å². The molecule has 0 aliphatic heterocycles. The van der Waals surface area contributed by atoms with Gasteiger partial charge in [0.2, 0.25) is 0 Å². The molecule has 1 aromatic carbocycles. The van der Waals surface area contributed by atoms with Crippen LogP contribution in [0.25, 0.3) is 39.5 Å². The molecule has 0 spiro atoms. The molecule has 0 aliphatic rings. The molecule has 168 valence electrons. The third-order valence-corrected chi connectivity index (χ3v) is 5.55. The van der Waals surface area contributed by atoms with Gasteiger partial charge < -0.3 is 10.3 Å². The van der Waals surface area contributed by atoms with Crippen LogP contribution < -0.4 is 5.73 Å². The van der Waals surface area contributed by atoms with Gasteiger partial charge in [0.05, 0.1) is 0 Å². The van der Waals surface area contributed by atoms with E-state index in [2.05, 4.69) is 28.4 Å².